The van der Waals surface area contributed by atoms with Crippen molar-refractivity contribution >= 4 is 40.8 Å². The van der Waals surface area contributed by atoms with E-state index < -0.39 is 5.97 Å². The minimum absolute atomic E-state index is 0.231. The van der Waals surface area contributed by atoms with Crippen LogP contribution in [0.15, 0.2) is 9.71 Å². The molecule has 0 aromatic heterocycles. The van der Waals surface area contributed by atoms with Gasteiger partial charge in [0.15, 0.2) is 4.49 Å². The van der Waals surface area contributed by atoms with Gasteiger partial charge in [0.25, 0.3) is 0 Å². The number of esters is 1. The van der Waals surface area contributed by atoms with Gasteiger partial charge in [-0.3, -0.25) is 4.79 Å². The molecule has 0 bridgehead atoms. The Balaban J connectivity index is 3.69. The highest BCUT2D eigenvalue weighted by Gasteiger charge is 2.07. The molecule has 0 aliphatic rings. The SMILES string of the molecule is CCCCCC(=O)OC(Cl)=C(Cl)Cl. The quantitative estimate of drug-likeness (QED) is 0.416. The molecule has 13 heavy (non-hydrogen) atoms. The molecule has 2 nitrogen and oxygen atoms in total. The molecular formula is C8H11Cl3O2. The van der Waals surface area contributed by atoms with E-state index in [2.05, 4.69) is 4.74 Å². The first-order chi connectivity index (χ1) is 6.07. The van der Waals surface area contributed by atoms with Crippen molar-refractivity contribution in [1.29, 1.82) is 0 Å². The van der Waals surface area contributed by atoms with E-state index in [1.807, 2.05) is 6.92 Å². The number of rotatable bonds is 5. The molecule has 0 rings (SSSR count). The van der Waals surface area contributed by atoms with E-state index in [1.54, 1.807) is 0 Å². The smallest absolute Gasteiger partial charge is 0.312 e. The summed E-state index contributed by atoms with van der Waals surface area (Å²) in [6.45, 7) is 2.05. The van der Waals surface area contributed by atoms with Gasteiger partial charge in [0, 0.05) is 6.42 Å². The minimum Gasteiger partial charge on any atom is -0.411 e. The zero-order chi connectivity index (χ0) is 10.3. The fraction of sp³-hybridized carbons (Fsp3) is 0.625. The number of hydrogen-bond acceptors (Lipinski definition) is 2. The van der Waals surface area contributed by atoms with Crippen molar-refractivity contribution in [3.05, 3.63) is 9.71 Å². The summed E-state index contributed by atoms with van der Waals surface area (Å²) in [7, 11) is 0. The van der Waals surface area contributed by atoms with Gasteiger partial charge in [-0.1, -0.05) is 43.0 Å². The molecule has 0 aliphatic carbocycles. The highest BCUT2D eigenvalue weighted by Crippen LogP contribution is 2.19. The van der Waals surface area contributed by atoms with Crippen molar-refractivity contribution in [2.45, 2.75) is 32.6 Å². The third kappa shape index (κ3) is 7.17. The van der Waals surface area contributed by atoms with Crippen LogP contribution in [0.25, 0.3) is 0 Å². The summed E-state index contributed by atoms with van der Waals surface area (Å²) in [6.07, 6.45) is 3.17. The third-order valence-electron chi connectivity index (χ3n) is 1.34. The van der Waals surface area contributed by atoms with Crippen molar-refractivity contribution < 1.29 is 9.53 Å². The Hall–Kier alpha value is 0.0800. The molecule has 0 aromatic carbocycles. The molecule has 0 radical (unpaired) electrons. The lowest BCUT2D eigenvalue weighted by Crippen LogP contribution is -2.01. The molecule has 0 saturated carbocycles. The van der Waals surface area contributed by atoms with Gasteiger partial charge in [0.1, 0.15) is 0 Å². The molecule has 0 fully saturated rings. The minimum atomic E-state index is -0.405. The Morgan fingerprint density at radius 2 is 1.85 bits per heavy atom. The third-order valence-corrected chi connectivity index (χ3v) is 2.14. The normalized spacial score (nSPS) is 9.54. The zero-order valence-electron chi connectivity index (χ0n) is 7.28. The number of ether oxygens (including phenoxy) is 1. The maximum absolute atomic E-state index is 11.0. The van der Waals surface area contributed by atoms with E-state index in [-0.39, 0.29) is 9.71 Å². The number of halogens is 3. The second-order valence-electron chi connectivity index (χ2n) is 2.47. The highest BCUT2D eigenvalue weighted by atomic mass is 35.5. The van der Waals surface area contributed by atoms with E-state index in [1.165, 1.54) is 0 Å². The highest BCUT2D eigenvalue weighted by molar-refractivity contribution is 6.59. The summed E-state index contributed by atoms with van der Waals surface area (Å²) < 4.78 is 4.37. The summed E-state index contributed by atoms with van der Waals surface area (Å²) in [6, 6.07) is 0. The maximum Gasteiger partial charge on any atom is 0.312 e. The van der Waals surface area contributed by atoms with Crippen LogP contribution < -0.4 is 0 Å². The lowest BCUT2D eigenvalue weighted by Gasteiger charge is -2.01. The molecule has 76 valence electrons. The Bertz CT molecular complexity index is 198. The standard InChI is InChI=1S/C8H11Cl3O2/c1-2-3-4-5-6(12)13-8(11)7(9)10/h2-5H2,1H3. The summed E-state index contributed by atoms with van der Waals surface area (Å²) in [4.78, 5) is 11.0. The van der Waals surface area contributed by atoms with Gasteiger partial charge in [-0.2, -0.15) is 0 Å². The van der Waals surface area contributed by atoms with Gasteiger partial charge in [-0.25, -0.2) is 0 Å². The van der Waals surface area contributed by atoms with E-state index >= 15 is 0 Å². The Kier molecular flexibility index (Phi) is 7.53. The van der Waals surface area contributed by atoms with Crippen LogP contribution >= 0.6 is 34.8 Å². The molecule has 0 atom stereocenters. The average molecular weight is 246 g/mol. The first-order valence-corrected chi connectivity index (χ1v) is 5.12. The summed E-state index contributed by atoms with van der Waals surface area (Å²) in [5.41, 5.74) is 0. The largest absolute Gasteiger partial charge is 0.411 e. The van der Waals surface area contributed by atoms with Crippen molar-refractivity contribution in [1.82, 2.24) is 0 Å². The molecular weight excluding hydrogens is 234 g/mol. The fourth-order valence-electron chi connectivity index (χ4n) is 0.709. The van der Waals surface area contributed by atoms with E-state index in [4.69, 9.17) is 34.8 Å². The number of unbranched alkanes of at least 4 members (excludes halogenated alkanes) is 2. The van der Waals surface area contributed by atoms with Crippen LogP contribution in [0.4, 0.5) is 0 Å². The first-order valence-electron chi connectivity index (χ1n) is 3.99. The predicted molar refractivity (Wildman–Crippen MR) is 54.8 cm³/mol. The second-order valence-corrected chi connectivity index (χ2v) is 3.76. The topological polar surface area (TPSA) is 26.3 Å². The molecule has 0 spiro atoms. The Morgan fingerprint density at radius 3 is 2.31 bits per heavy atom. The van der Waals surface area contributed by atoms with Gasteiger partial charge >= 0.3 is 5.97 Å². The van der Waals surface area contributed by atoms with Crippen LogP contribution in [0.5, 0.6) is 0 Å². The molecule has 0 saturated heterocycles. The van der Waals surface area contributed by atoms with Crippen LogP contribution in [-0.4, -0.2) is 5.97 Å². The predicted octanol–water partition coefficient (Wildman–Crippen LogP) is 3.95. The van der Waals surface area contributed by atoms with Crippen molar-refractivity contribution in [2.24, 2.45) is 0 Å². The van der Waals surface area contributed by atoms with E-state index in [0.29, 0.717) is 6.42 Å². The van der Waals surface area contributed by atoms with Crippen molar-refractivity contribution in [2.75, 3.05) is 0 Å². The van der Waals surface area contributed by atoms with Crippen LogP contribution in [-0.2, 0) is 9.53 Å². The molecule has 5 heteroatoms. The van der Waals surface area contributed by atoms with Crippen molar-refractivity contribution in [3.63, 3.8) is 0 Å². The molecule has 0 heterocycles. The van der Waals surface area contributed by atoms with E-state index in [9.17, 15) is 4.79 Å². The van der Waals surface area contributed by atoms with Crippen LogP contribution in [0, 0.1) is 0 Å². The van der Waals surface area contributed by atoms with Gasteiger partial charge in [0.2, 0.25) is 5.22 Å². The fourth-order valence-corrected chi connectivity index (χ4v) is 0.872. The lowest BCUT2D eigenvalue weighted by molar-refractivity contribution is -0.138. The van der Waals surface area contributed by atoms with Gasteiger partial charge in [-0.05, 0) is 18.0 Å². The molecule has 0 aliphatic heterocycles. The molecule has 0 N–H and O–H groups in total. The van der Waals surface area contributed by atoms with E-state index in [0.717, 1.165) is 19.3 Å². The summed E-state index contributed by atoms with van der Waals surface area (Å²) in [5, 5.41) is -0.259. The molecule has 0 unspecified atom stereocenters. The average Bonchev–Trinajstić information content (AvgIpc) is 2.04. The molecule has 0 amide bonds. The Labute approximate surface area is 92.8 Å². The first kappa shape index (κ1) is 13.1. The Morgan fingerprint density at radius 1 is 1.23 bits per heavy atom. The summed E-state index contributed by atoms with van der Waals surface area (Å²) >= 11 is 15.9. The van der Waals surface area contributed by atoms with Gasteiger partial charge in [0.05, 0.1) is 0 Å². The lowest BCUT2D eigenvalue weighted by atomic mass is 10.2. The summed E-state index contributed by atoms with van der Waals surface area (Å²) in [5.74, 6) is -0.405. The van der Waals surface area contributed by atoms with Crippen LogP contribution in [0.3, 0.4) is 0 Å². The number of hydrogen-bond donors (Lipinski definition) is 0. The van der Waals surface area contributed by atoms with Crippen LogP contribution in [0.1, 0.15) is 32.6 Å². The van der Waals surface area contributed by atoms with Gasteiger partial charge in [-0.15, -0.1) is 0 Å². The maximum atomic E-state index is 11.0. The number of carbonyl (C=O) groups excluding carboxylic acids is 1. The second kappa shape index (κ2) is 7.48. The monoisotopic (exact) mass is 244 g/mol. The number of carbonyl (C=O) groups is 1. The van der Waals surface area contributed by atoms with Crippen molar-refractivity contribution in [3.8, 4) is 0 Å². The van der Waals surface area contributed by atoms with Crippen LogP contribution in [0.2, 0.25) is 0 Å². The van der Waals surface area contributed by atoms with Gasteiger partial charge < -0.3 is 4.74 Å². The molecule has 0 aromatic rings. The zero-order valence-corrected chi connectivity index (χ0v) is 9.55.